The molecule has 0 saturated heterocycles. The number of hydrogen-bond acceptors (Lipinski definition) is 2. The number of nitrogens with one attached hydrogen (secondary N) is 2. The van der Waals surface area contributed by atoms with E-state index in [4.69, 9.17) is 0 Å². The van der Waals surface area contributed by atoms with Gasteiger partial charge in [0.25, 0.3) is 0 Å². The number of imidazole rings is 1. The van der Waals surface area contributed by atoms with Crippen molar-refractivity contribution in [2.24, 2.45) is 0 Å². The van der Waals surface area contributed by atoms with Gasteiger partial charge in [0.15, 0.2) is 0 Å². The lowest BCUT2D eigenvalue weighted by Gasteiger charge is -1.98. The van der Waals surface area contributed by atoms with E-state index in [1.165, 1.54) is 0 Å². The van der Waals surface area contributed by atoms with Crippen molar-refractivity contribution < 1.29 is 4.79 Å². The first-order chi connectivity index (χ1) is 5.83. The van der Waals surface area contributed by atoms with Gasteiger partial charge in [-0.2, -0.15) is 0 Å². The van der Waals surface area contributed by atoms with Gasteiger partial charge in [-0.3, -0.25) is 10.1 Å². The highest BCUT2D eigenvalue weighted by Crippen LogP contribution is 1.97. The van der Waals surface area contributed by atoms with Gasteiger partial charge in [-0.1, -0.05) is 6.08 Å². The summed E-state index contributed by atoms with van der Waals surface area (Å²) >= 11 is 0. The minimum atomic E-state index is -0.0511. The van der Waals surface area contributed by atoms with Crippen molar-refractivity contribution in [3.63, 3.8) is 0 Å². The molecule has 0 saturated carbocycles. The minimum Gasteiger partial charge on any atom is -0.331 e. The number of H-pyrrole nitrogens is 1. The molecule has 0 aliphatic rings. The van der Waals surface area contributed by atoms with E-state index in [9.17, 15) is 4.79 Å². The van der Waals surface area contributed by atoms with E-state index in [1.807, 2.05) is 0 Å². The van der Waals surface area contributed by atoms with Gasteiger partial charge in [-0.25, -0.2) is 4.98 Å². The van der Waals surface area contributed by atoms with Crippen LogP contribution in [0, 0.1) is 0 Å². The molecule has 1 aromatic heterocycles. The van der Waals surface area contributed by atoms with Crippen molar-refractivity contribution in [1.82, 2.24) is 9.97 Å². The maximum absolute atomic E-state index is 11.1. The van der Waals surface area contributed by atoms with Crippen molar-refractivity contribution in [2.75, 3.05) is 5.32 Å². The molecule has 1 aromatic rings. The summed E-state index contributed by atoms with van der Waals surface area (Å²) < 4.78 is 0. The van der Waals surface area contributed by atoms with Crippen LogP contribution in [-0.4, -0.2) is 15.9 Å². The summed E-state index contributed by atoms with van der Waals surface area (Å²) in [5.74, 6) is 0.439. The van der Waals surface area contributed by atoms with Crippen LogP contribution in [0.3, 0.4) is 0 Å². The Balaban J connectivity index is 2.32. The van der Waals surface area contributed by atoms with Gasteiger partial charge >= 0.3 is 0 Å². The van der Waals surface area contributed by atoms with E-state index >= 15 is 0 Å². The summed E-state index contributed by atoms with van der Waals surface area (Å²) in [7, 11) is 0. The minimum absolute atomic E-state index is 0.0511. The molecule has 0 spiro atoms. The first-order valence-corrected chi connectivity index (χ1v) is 3.73. The van der Waals surface area contributed by atoms with Gasteiger partial charge in [0.05, 0.1) is 0 Å². The SMILES string of the molecule is C=CCCC(=O)Nc1ncc[nH]1. The molecule has 0 aromatic carbocycles. The highest BCUT2D eigenvalue weighted by atomic mass is 16.1. The fourth-order valence-corrected chi connectivity index (χ4v) is 0.761. The molecule has 0 aliphatic carbocycles. The molecule has 0 unspecified atom stereocenters. The number of hydrogen-bond donors (Lipinski definition) is 2. The lowest BCUT2D eigenvalue weighted by molar-refractivity contribution is -0.116. The molecule has 1 amide bonds. The number of nitrogens with zero attached hydrogens (tertiary/aromatic N) is 1. The molecule has 0 radical (unpaired) electrons. The molecule has 4 heteroatoms. The molecule has 12 heavy (non-hydrogen) atoms. The van der Waals surface area contributed by atoms with Gasteiger partial charge in [-0.05, 0) is 6.42 Å². The summed E-state index contributed by atoms with van der Waals surface area (Å²) in [5.41, 5.74) is 0. The average Bonchev–Trinajstić information content (AvgIpc) is 2.53. The number of carbonyl (C=O) groups excluding carboxylic acids is 1. The average molecular weight is 165 g/mol. The molecule has 64 valence electrons. The third-order valence-corrected chi connectivity index (χ3v) is 1.33. The number of allylic oxidation sites excluding steroid dienone is 1. The highest BCUT2D eigenvalue weighted by molar-refractivity contribution is 5.88. The van der Waals surface area contributed by atoms with Crippen LogP contribution in [0.5, 0.6) is 0 Å². The smallest absolute Gasteiger partial charge is 0.226 e. The van der Waals surface area contributed by atoms with E-state index < -0.39 is 0 Å². The van der Waals surface area contributed by atoms with Gasteiger partial charge < -0.3 is 4.98 Å². The van der Waals surface area contributed by atoms with E-state index in [-0.39, 0.29) is 5.91 Å². The van der Waals surface area contributed by atoms with Crippen LogP contribution in [0.15, 0.2) is 25.0 Å². The number of aromatic amines is 1. The van der Waals surface area contributed by atoms with Gasteiger partial charge in [-0.15, -0.1) is 6.58 Å². The Morgan fingerprint density at radius 1 is 1.83 bits per heavy atom. The zero-order valence-corrected chi connectivity index (χ0v) is 6.71. The topological polar surface area (TPSA) is 57.8 Å². The third-order valence-electron chi connectivity index (χ3n) is 1.33. The molecule has 4 nitrogen and oxygen atoms in total. The normalized spacial score (nSPS) is 9.33. The van der Waals surface area contributed by atoms with Crippen molar-refractivity contribution in [1.29, 1.82) is 0 Å². The quantitative estimate of drug-likeness (QED) is 0.661. The summed E-state index contributed by atoms with van der Waals surface area (Å²) in [4.78, 5) is 17.7. The summed E-state index contributed by atoms with van der Waals surface area (Å²) in [6.45, 7) is 3.53. The largest absolute Gasteiger partial charge is 0.331 e. The first-order valence-electron chi connectivity index (χ1n) is 3.73. The van der Waals surface area contributed by atoms with Crippen molar-refractivity contribution in [3.8, 4) is 0 Å². The number of aromatic nitrogens is 2. The van der Waals surface area contributed by atoms with Crippen LogP contribution in [-0.2, 0) is 4.79 Å². The van der Waals surface area contributed by atoms with Crippen LogP contribution < -0.4 is 5.32 Å². The van der Waals surface area contributed by atoms with E-state index in [2.05, 4.69) is 21.9 Å². The van der Waals surface area contributed by atoms with Crippen LogP contribution in [0.2, 0.25) is 0 Å². The van der Waals surface area contributed by atoms with E-state index in [1.54, 1.807) is 18.5 Å². The lowest BCUT2D eigenvalue weighted by atomic mass is 10.3. The fourth-order valence-electron chi connectivity index (χ4n) is 0.761. The summed E-state index contributed by atoms with van der Waals surface area (Å²) in [6.07, 6.45) is 6.09. The van der Waals surface area contributed by atoms with Crippen molar-refractivity contribution >= 4 is 11.9 Å². The standard InChI is InChI=1S/C8H11N3O/c1-2-3-4-7(12)11-8-9-5-6-10-8/h2,5-6H,1,3-4H2,(H2,9,10,11,12). The monoisotopic (exact) mass is 165 g/mol. The van der Waals surface area contributed by atoms with Crippen LogP contribution in [0.4, 0.5) is 5.95 Å². The Morgan fingerprint density at radius 2 is 2.67 bits per heavy atom. The van der Waals surface area contributed by atoms with Crippen molar-refractivity contribution in [3.05, 3.63) is 25.0 Å². The molecule has 0 fully saturated rings. The fraction of sp³-hybridized carbons (Fsp3) is 0.250. The molecule has 0 bridgehead atoms. The predicted octanol–water partition coefficient (Wildman–Crippen LogP) is 1.31. The highest BCUT2D eigenvalue weighted by Gasteiger charge is 2.00. The van der Waals surface area contributed by atoms with Crippen LogP contribution >= 0.6 is 0 Å². The molecule has 0 atom stereocenters. The molecule has 2 N–H and O–H groups in total. The second-order valence-electron chi connectivity index (χ2n) is 2.31. The van der Waals surface area contributed by atoms with Gasteiger partial charge in [0.1, 0.15) is 0 Å². The second-order valence-corrected chi connectivity index (χ2v) is 2.31. The molecule has 1 rings (SSSR count). The van der Waals surface area contributed by atoms with Crippen LogP contribution in [0.1, 0.15) is 12.8 Å². The Morgan fingerprint density at radius 3 is 3.25 bits per heavy atom. The zero-order valence-electron chi connectivity index (χ0n) is 6.71. The zero-order chi connectivity index (χ0) is 8.81. The predicted molar refractivity (Wildman–Crippen MR) is 46.6 cm³/mol. The number of rotatable bonds is 4. The summed E-state index contributed by atoms with van der Waals surface area (Å²) in [5, 5.41) is 2.60. The first kappa shape index (κ1) is 8.52. The third kappa shape index (κ3) is 2.57. The number of amides is 1. The lowest BCUT2D eigenvalue weighted by Crippen LogP contribution is -2.11. The second kappa shape index (κ2) is 4.33. The Labute approximate surface area is 70.7 Å². The molecule has 1 heterocycles. The Bertz CT molecular complexity index is 253. The molecular formula is C8H11N3O. The van der Waals surface area contributed by atoms with Gasteiger partial charge in [0, 0.05) is 18.8 Å². The summed E-state index contributed by atoms with van der Waals surface area (Å²) in [6, 6.07) is 0. The maximum atomic E-state index is 11.1. The van der Waals surface area contributed by atoms with Crippen molar-refractivity contribution in [2.45, 2.75) is 12.8 Å². The maximum Gasteiger partial charge on any atom is 0.226 e. The van der Waals surface area contributed by atoms with E-state index in [0.717, 1.165) is 0 Å². The number of carbonyl (C=O) groups is 1. The Kier molecular flexibility index (Phi) is 3.07. The molecular weight excluding hydrogens is 154 g/mol. The van der Waals surface area contributed by atoms with Crippen LogP contribution in [0.25, 0.3) is 0 Å². The van der Waals surface area contributed by atoms with Gasteiger partial charge in [0.2, 0.25) is 11.9 Å². The Hall–Kier alpha value is -1.58. The molecule has 0 aliphatic heterocycles. The number of anilines is 1. The van der Waals surface area contributed by atoms with E-state index in [0.29, 0.717) is 18.8 Å².